The molecule has 0 unspecified atom stereocenters. The second-order valence-corrected chi connectivity index (χ2v) is 11.6. The highest BCUT2D eigenvalue weighted by Gasteiger charge is 2.36. The van der Waals surface area contributed by atoms with E-state index in [1.54, 1.807) is 24.3 Å². The minimum Gasteiger partial charge on any atom is -0.490 e. The molecule has 1 heterocycles. The summed E-state index contributed by atoms with van der Waals surface area (Å²) in [6.07, 6.45) is 1.69. The van der Waals surface area contributed by atoms with Crippen molar-refractivity contribution in [1.29, 1.82) is 0 Å². The van der Waals surface area contributed by atoms with E-state index in [1.807, 2.05) is 37.3 Å². The molecule has 0 N–H and O–H groups in total. The van der Waals surface area contributed by atoms with Crippen molar-refractivity contribution >= 4 is 85.5 Å². The fourth-order valence-corrected chi connectivity index (χ4v) is 6.41. The predicted octanol–water partition coefficient (Wildman–Crippen LogP) is 8.97. The average molecular weight is 690 g/mol. The number of carbonyl (C=O) groups is 2. The lowest BCUT2D eigenvalue weighted by atomic mass is 10.1. The lowest BCUT2D eigenvalue weighted by molar-refractivity contribution is -0.123. The fraction of sp³-hybridized carbons (Fsp3) is 0.133. The van der Waals surface area contributed by atoms with Gasteiger partial charge in [0.05, 0.1) is 21.6 Å². The molecule has 0 spiro atoms. The van der Waals surface area contributed by atoms with Gasteiger partial charge in [-0.15, -0.1) is 0 Å². The highest BCUT2D eigenvalue weighted by Crippen LogP contribution is 2.39. The van der Waals surface area contributed by atoms with Crippen molar-refractivity contribution in [1.82, 2.24) is 4.90 Å². The Bertz CT molecular complexity index is 1600. The Morgan fingerprint density at radius 1 is 0.949 bits per heavy atom. The highest BCUT2D eigenvalue weighted by molar-refractivity contribution is 14.1. The molecule has 39 heavy (non-hydrogen) atoms. The number of benzene rings is 4. The number of thioether (sulfide) groups is 1. The van der Waals surface area contributed by atoms with Crippen molar-refractivity contribution in [3.05, 3.63) is 108 Å². The largest absolute Gasteiger partial charge is 0.490 e. The van der Waals surface area contributed by atoms with Crippen LogP contribution in [0, 0.1) is 3.57 Å². The maximum absolute atomic E-state index is 13.1. The Labute approximate surface area is 254 Å². The molecule has 1 aliphatic heterocycles. The standard InChI is InChI=1S/C30H22Cl2INO4S/c1-2-37-26-14-18(13-25(33)28(26)38-17-20-9-5-8-19-7-3-4-10-21(19)20)15-27-29(35)34(30(36)39-27)16-22-23(31)11-6-12-24(22)32/h3-15H,2,16-17H2,1H3/b27-15-. The van der Waals surface area contributed by atoms with E-state index in [4.69, 9.17) is 32.7 Å². The average Bonchev–Trinajstić information content (AvgIpc) is 3.17. The minimum absolute atomic E-state index is 0.00316. The third kappa shape index (κ3) is 6.06. The van der Waals surface area contributed by atoms with Gasteiger partial charge in [-0.2, -0.15) is 0 Å². The highest BCUT2D eigenvalue weighted by atomic mass is 127. The zero-order chi connectivity index (χ0) is 27.5. The van der Waals surface area contributed by atoms with Crippen LogP contribution in [0.15, 0.2) is 77.7 Å². The summed E-state index contributed by atoms with van der Waals surface area (Å²) in [6.45, 7) is 2.72. The van der Waals surface area contributed by atoms with Crippen LogP contribution in [0.1, 0.15) is 23.6 Å². The molecular weight excluding hydrogens is 668 g/mol. The number of fused-ring (bicyclic) bond motifs is 1. The molecule has 0 aromatic heterocycles. The number of rotatable bonds is 8. The number of hydrogen-bond acceptors (Lipinski definition) is 5. The number of carbonyl (C=O) groups excluding carboxylic acids is 2. The van der Waals surface area contributed by atoms with Gasteiger partial charge in [0, 0.05) is 15.6 Å². The molecule has 0 atom stereocenters. The third-order valence-electron chi connectivity index (χ3n) is 6.13. The van der Waals surface area contributed by atoms with Gasteiger partial charge in [-0.3, -0.25) is 14.5 Å². The number of hydrogen-bond donors (Lipinski definition) is 0. The third-order valence-corrected chi connectivity index (χ3v) is 8.55. The van der Waals surface area contributed by atoms with Crippen molar-refractivity contribution < 1.29 is 19.1 Å². The molecule has 198 valence electrons. The Morgan fingerprint density at radius 3 is 2.44 bits per heavy atom. The van der Waals surface area contributed by atoms with Crippen LogP contribution >= 0.6 is 57.6 Å². The topological polar surface area (TPSA) is 55.8 Å². The van der Waals surface area contributed by atoms with Crippen LogP contribution in [-0.2, 0) is 17.9 Å². The first-order chi connectivity index (χ1) is 18.9. The van der Waals surface area contributed by atoms with Crippen molar-refractivity contribution in [2.75, 3.05) is 6.61 Å². The van der Waals surface area contributed by atoms with Crippen LogP contribution in [-0.4, -0.2) is 22.7 Å². The molecule has 1 saturated heterocycles. The molecule has 0 saturated carbocycles. The number of amides is 2. The molecule has 1 fully saturated rings. The number of nitrogens with zero attached hydrogens (tertiary/aromatic N) is 1. The van der Waals surface area contributed by atoms with E-state index >= 15 is 0 Å². The maximum atomic E-state index is 13.1. The molecule has 4 aromatic rings. The van der Waals surface area contributed by atoms with E-state index in [0.717, 1.165) is 42.1 Å². The van der Waals surface area contributed by atoms with Crippen molar-refractivity contribution in [2.45, 2.75) is 20.1 Å². The van der Waals surface area contributed by atoms with Crippen molar-refractivity contribution in [3.63, 3.8) is 0 Å². The summed E-state index contributed by atoms with van der Waals surface area (Å²) in [7, 11) is 0. The second kappa shape index (κ2) is 12.2. The van der Waals surface area contributed by atoms with Crippen LogP contribution in [0.5, 0.6) is 11.5 Å². The first-order valence-corrected chi connectivity index (χ1v) is 14.7. The molecule has 4 aromatic carbocycles. The quantitative estimate of drug-likeness (QED) is 0.137. The summed E-state index contributed by atoms with van der Waals surface area (Å²) in [5.41, 5.74) is 2.33. The molecule has 0 aliphatic carbocycles. The van der Waals surface area contributed by atoms with Crippen LogP contribution in [0.3, 0.4) is 0 Å². The van der Waals surface area contributed by atoms with E-state index in [0.29, 0.717) is 45.2 Å². The van der Waals surface area contributed by atoms with E-state index in [1.165, 1.54) is 0 Å². The Kier molecular flexibility index (Phi) is 8.71. The van der Waals surface area contributed by atoms with Crippen LogP contribution < -0.4 is 9.47 Å². The SMILES string of the molecule is CCOc1cc(/C=C2\SC(=O)N(Cc3c(Cl)cccc3Cl)C2=O)cc(I)c1OCc1cccc2ccccc12. The molecule has 0 radical (unpaired) electrons. The zero-order valence-corrected chi connectivity index (χ0v) is 25.2. The monoisotopic (exact) mass is 689 g/mol. The Balaban J connectivity index is 1.39. The molecule has 0 bridgehead atoms. The number of halogens is 3. The molecular formula is C30H22Cl2INO4S. The molecule has 5 rings (SSSR count). The van der Waals surface area contributed by atoms with Gasteiger partial charge in [0.25, 0.3) is 11.1 Å². The van der Waals surface area contributed by atoms with Gasteiger partial charge in [-0.05, 0) is 93.5 Å². The van der Waals surface area contributed by atoms with Gasteiger partial charge in [-0.25, -0.2) is 0 Å². The molecule has 1 aliphatic rings. The summed E-state index contributed by atoms with van der Waals surface area (Å²) in [6, 6.07) is 23.1. The number of imide groups is 1. The maximum Gasteiger partial charge on any atom is 0.293 e. The van der Waals surface area contributed by atoms with Crippen LogP contribution in [0.25, 0.3) is 16.8 Å². The Morgan fingerprint density at radius 2 is 1.67 bits per heavy atom. The van der Waals surface area contributed by atoms with Gasteiger partial charge in [0.2, 0.25) is 0 Å². The van der Waals surface area contributed by atoms with Crippen LogP contribution in [0.4, 0.5) is 4.79 Å². The van der Waals surface area contributed by atoms with E-state index in [2.05, 4.69) is 46.9 Å². The van der Waals surface area contributed by atoms with Crippen molar-refractivity contribution in [3.8, 4) is 11.5 Å². The zero-order valence-electron chi connectivity index (χ0n) is 20.7. The van der Waals surface area contributed by atoms with E-state index in [-0.39, 0.29) is 11.8 Å². The molecule has 5 nitrogen and oxygen atoms in total. The van der Waals surface area contributed by atoms with E-state index in [9.17, 15) is 9.59 Å². The van der Waals surface area contributed by atoms with Gasteiger partial charge < -0.3 is 9.47 Å². The molecule has 2 amide bonds. The van der Waals surface area contributed by atoms with E-state index < -0.39 is 5.91 Å². The fourth-order valence-electron chi connectivity index (χ4n) is 4.27. The lowest BCUT2D eigenvalue weighted by Gasteiger charge is -2.16. The summed E-state index contributed by atoms with van der Waals surface area (Å²) in [5.74, 6) is 0.798. The first kappa shape index (κ1) is 27.8. The summed E-state index contributed by atoms with van der Waals surface area (Å²) in [5, 5.41) is 2.72. The summed E-state index contributed by atoms with van der Waals surface area (Å²) < 4.78 is 13.0. The number of ether oxygens (including phenoxy) is 2. The minimum atomic E-state index is -0.398. The van der Waals surface area contributed by atoms with Crippen LogP contribution in [0.2, 0.25) is 10.0 Å². The van der Waals surface area contributed by atoms with Gasteiger partial charge in [-0.1, -0.05) is 71.7 Å². The predicted molar refractivity (Wildman–Crippen MR) is 167 cm³/mol. The normalized spacial score (nSPS) is 14.5. The van der Waals surface area contributed by atoms with Gasteiger partial charge >= 0.3 is 0 Å². The second-order valence-electron chi connectivity index (χ2n) is 8.66. The first-order valence-electron chi connectivity index (χ1n) is 12.1. The lowest BCUT2D eigenvalue weighted by Crippen LogP contribution is -2.27. The smallest absolute Gasteiger partial charge is 0.293 e. The summed E-state index contributed by atoms with van der Waals surface area (Å²) in [4.78, 5) is 27.3. The van der Waals surface area contributed by atoms with Gasteiger partial charge in [0.15, 0.2) is 11.5 Å². The molecule has 9 heteroatoms. The Hall–Kier alpha value is -2.72. The van der Waals surface area contributed by atoms with Crippen molar-refractivity contribution in [2.24, 2.45) is 0 Å². The summed E-state index contributed by atoms with van der Waals surface area (Å²) >= 11 is 15.6. The van der Waals surface area contributed by atoms with Gasteiger partial charge in [0.1, 0.15) is 6.61 Å².